The highest BCUT2D eigenvalue weighted by molar-refractivity contribution is 9.10. The summed E-state index contributed by atoms with van der Waals surface area (Å²) in [6.45, 7) is 2.75. The molecule has 1 aliphatic heterocycles. The van der Waals surface area contributed by atoms with E-state index in [0.29, 0.717) is 30.6 Å². The monoisotopic (exact) mass is 461 g/mol. The van der Waals surface area contributed by atoms with E-state index in [1.54, 1.807) is 0 Å². The molecule has 152 valence electrons. The first-order valence-corrected chi connectivity index (χ1v) is 10.1. The van der Waals surface area contributed by atoms with Crippen molar-refractivity contribution in [2.45, 2.75) is 19.4 Å². The molecule has 0 radical (unpaired) electrons. The molecule has 0 bridgehead atoms. The zero-order valence-corrected chi connectivity index (χ0v) is 17.1. The normalized spacial score (nSPS) is 15.6. The van der Waals surface area contributed by atoms with Crippen LogP contribution in [0.5, 0.6) is 0 Å². The lowest BCUT2D eigenvalue weighted by Crippen LogP contribution is -2.38. The zero-order chi connectivity index (χ0) is 20.4. The third-order valence-corrected chi connectivity index (χ3v) is 5.62. The molecule has 1 aliphatic rings. The molecule has 29 heavy (non-hydrogen) atoms. The summed E-state index contributed by atoms with van der Waals surface area (Å²) in [6.07, 6.45) is 3.02. The van der Waals surface area contributed by atoms with Crippen LogP contribution < -0.4 is 5.32 Å². The van der Waals surface area contributed by atoms with Crippen LogP contribution >= 0.6 is 15.9 Å². The third-order valence-electron chi connectivity index (χ3n) is 5.13. The van der Waals surface area contributed by atoms with Gasteiger partial charge in [-0.05, 0) is 50.0 Å². The minimum atomic E-state index is -1.09. The Morgan fingerprint density at radius 2 is 2.14 bits per heavy atom. The van der Waals surface area contributed by atoms with Gasteiger partial charge in [-0.1, -0.05) is 15.9 Å². The van der Waals surface area contributed by atoms with Crippen molar-refractivity contribution in [2.24, 2.45) is 5.92 Å². The van der Waals surface area contributed by atoms with Crippen molar-refractivity contribution in [3.63, 3.8) is 0 Å². The first kappa shape index (κ1) is 19.6. The first-order valence-electron chi connectivity index (χ1n) is 9.31. The predicted octanol–water partition coefficient (Wildman–Crippen LogP) is 2.65. The van der Waals surface area contributed by atoms with Crippen LogP contribution in [0.2, 0.25) is 0 Å². The maximum atomic E-state index is 12.5. The van der Waals surface area contributed by atoms with E-state index in [4.69, 9.17) is 9.52 Å². The Kier molecular flexibility index (Phi) is 5.63. The van der Waals surface area contributed by atoms with E-state index in [0.717, 1.165) is 47.6 Å². The standard InChI is InChI=1S/C19H20BrN5O4/c20-12-1-2-14-13(7-12)17(24-23-14)18(26)21-8-11-3-5-25(6-4-11)9-16-22-15(10-29-16)19(27)28/h1-2,7,10-11H,3-6,8-9H2,(H,21,26)(H,23,24)(H,27,28). The molecule has 0 atom stereocenters. The van der Waals surface area contributed by atoms with Crippen molar-refractivity contribution in [1.29, 1.82) is 0 Å². The van der Waals surface area contributed by atoms with E-state index < -0.39 is 5.97 Å². The van der Waals surface area contributed by atoms with Gasteiger partial charge in [-0.15, -0.1) is 0 Å². The van der Waals surface area contributed by atoms with Gasteiger partial charge >= 0.3 is 5.97 Å². The van der Waals surface area contributed by atoms with Crippen LogP contribution in [0, 0.1) is 5.92 Å². The number of carboxylic acid groups (broad SMARTS) is 1. The number of hydrogen-bond acceptors (Lipinski definition) is 6. The van der Waals surface area contributed by atoms with Gasteiger partial charge < -0.3 is 14.8 Å². The van der Waals surface area contributed by atoms with Gasteiger partial charge in [0.15, 0.2) is 11.4 Å². The molecule has 3 heterocycles. The molecule has 1 fully saturated rings. The Morgan fingerprint density at radius 1 is 1.34 bits per heavy atom. The van der Waals surface area contributed by atoms with Crippen LogP contribution in [0.3, 0.4) is 0 Å². The van der Waals surface area contributed by atoms with Crippen molar-refractivity contribution in [1.82, 2.24) is 25.4 Å². The van der Waals surface area contributed by atoms with Crippen molar-refractivity contribution >= 4 is 38.7 Å². The van der Waals surface area contributed by atoms with Crippen molar-refractivity contribution in [3.05, 3.63) is 46.2 Å². The quantitative estimate of drug-likeness (QED) is 0.515. The Bertz CT molecular complexity index is 1040. The fourth-order valence-electron chi connectivity index (χ4n) is 3.50. The van der Waals surface area contributed by atoms with Crippen molar-refractivity contribution in [3.8, 4) is 0 Å². The summed E-state index contributed by atoms with van der Waals surface area (Å²) < 4.78 is 6.11. The number of nitrogens with one attached hydrogen (secondary N) is 2. The number of hydrogen-bond donors (Lipinski definition) is 3. The van der Waals surface area contributed by atoms with Gasteiger partial charge in [0.2, 0.25) is 5.89 Å². The number of fused-ring (bicyclic) bond motifs is 1. The molecule has 1 amide bonds. The molecule has 10 heteroatoms. The molecule has 9 nitrogen and oxygen atoms in total. The summed E-state index contributed by atoms with van der Waals surface area (Å²) in [5.74, 6) is -0.485. The van der Waals surface area contributed by atoms with Crippen LogP contribution in [0.15, 0.2) is 33.4 Å². The summed E-state index contributed by atoms with van der Waals surface area (Å²) in [5.41, 5.74) is 1.15. The largest absolute Gasteiger partial charge is 0.476 e. The summed E-state index contributed by atoms with van der Waals surface area (Å²) in [5, 5.41) is 19.7. The number of nitrogens with zero attached hydrogens (tertiary/aromatic N) is 3. The predicted molar refractivity (Wildman–Crippen MR) is 108 cm³/mol. The van der Waals surface area contributed by atoms with Gasteiger partial charge in [-0.25, -0.2) is 9.78 Å². The Labute approximate surface area is 174 Å². The average molecular weight is 462 g/mol. The number of aromatic nitrogens is 3. The van der Waals surface area contributed by atoms with Crippen molar-refractivity contribution in [2.75, 3.05) is 19.6 Å². The topological polar surface area (TPSA) is 124 Å². The number of carbonyl (C=O) groups excluding carboxylic acids is 1. The molecule has 1 aromatic carbocycles. The van der Waals surface area contributed by atoms with Gasteiger partial charge in [0.05, 0.1) is 12.1 Å². The number of H-pyrrole nitrogens is 1. The molecule has 0 spiro atoms. The summed E-state index contributed by atoms with van der Waals surface area (Å²) in [4.78, 5) is 29.6. The molecular formula is C19H20BrN5O4. The molecule has 2 aromatic heterocycles. The number of aromatic carboxylic acids is 1. The number of oxazole rings is 1. The maximum Gasteiger partial charge on any atom is 0.357 e. The third kappa shape index (κ3) is 4.48. The smallest absolute Gasteiger partial charge is 0.357 e. The highest BCUT2D eigenvalue weighted by Crippen LogP contribution is 2.22. The molecule has 1 saturated heterocycles. The van der Waals surface area contributed by atoms with Gasteiger partial charge in [-0.3, -0.25) is 14.8 Å². The van der Waals surface area contributed by atoms with Crippen LogP contribution in [0.25, 0.3) is 10.9 Å². The van der Waals surface area contributed by atoms with E-state index in [-0.39, 0.29) is 11.6 Å². The number of likely N-dealkylation sites (tertiary alicyclic amines) is 1. The number of benzene rings is 1. The SMILES string of the molecule is O=C(O)c1coc(CN2CCC(CNC(=O)c3n[nH]c4ccc(Br)cc34)CC2)n1. The lowest BCUT2D eigenvalue weighted by Gasteiger charge is -2.31. The molecule has 0 unspecified atom stereocenters. The average Bonchev–Trinajstić information content (AvgIpc) is 3.34. The molecule has 4 rings (SSSR count). The van der Waals surface area contributed by atoms with Crippen LogP contribution in [0.4, 0.5) is 0 Å². The summed E-state index contributed by atoms with van der Waals surface area (Å²) in [6, 6.07) is 5.66. The summed E-state index contributed by atoms with van der Waals surface area (Å²) >= 11 is 3.42. The summed E-state index contributed by atoms with van der Waals surface area (Å²) in [7, 11) is 0. The molecule has 3 aromatic rings. The number of rotatable bonds is 6. The molecule has 3 N–H and O–H groups in total. The van der Waals surface area contributed by atoms with Gasteiger partial charge in [-0.2, -0.15) is 5.10 Å². The second-order valence-corrected chi connectivity index (χ2v) is 8.04. The van der Waals surface area contributed by atoms with Gasteiger partial charge in [0.1, 0.15) is 6.26 Å². The zero-order valence-electron chi connectivity index (χ0n) is 15.5. The molecular weight excluding hydrogens is 442 g/mol. The Balaban J connectivity index is 1.26. The van der Waals surface area contributed by atoms with Crippen LogP contribution in [-0.4, -0.2) is 56.7 Å². The lowest BCUT2D eigenvalue weighted by atomic mass is 9.96. The first-order chi connectivity index (χ1) is 14.0. The fourth-order valence-corrected chi connectivity index (χ4v) is 3.86. The van der Waals surface area contributed by atoms with Crippen LogP contribution in [0.1, 0.15) is 39.7 Å². The second kappa shape index (κ2) is 8.34. The number of aromatic amines is 1. The van der Waals surface area contributed by atoms with E-state index in [2.05, 4.69) is 41.3 Å². The van der Waals surface area contributed by atoms with Gasteiger partial charge in [0, 0.05) is 16.4 Å². The number of carboxylic acids is 1. The van der Waals surface area contributed by atoms with E-state index in [9.17, 15) is 9.59 Å². The molecule has 0 saturated carbocycles. The maximum absolute atomic E-state index is 12.5. The van der Waals surface area contributed by atoms with E-state index in [1.165, 1.54) is 0 Å². The van der Waals surface area contributed by atoms with Crippen molar-refractivity contribution < 1.29 is 19.1 Å². The van der Waals surface area contributed by atoms with E-state index in [1.807, 2.05) is 18.2 Å². The Hall–Kier alpha value is -2.72. The highest BCUT2D eigenvalue weighted by Gasteiger charge is 2.22. The minimum Gasteiger partial charge on any atom is -0.476 e. The second-order valence-electron chi connectivity index (χ2n) is 7.12. The number of carbonyl (C=O) groups is 2. The number of halogens is 1. The minimum absolute atomic E-state index is 0.0736. The number of piperidine rings is 1. The lowest BCUT2D eigenvalue weighted by molar-refractivity contribution is 0.0690. The highest BCUT2D eigenvalue weighted by atomic mass is 79.9. The van der Waals surface area contributed by atoms with Gasteiger partial charge in [0.25, 0.3) is 5.91 Å². The Morgan fingerprint density at radius 3 is 2.86 bits per heavy atom. The van der Waals surface area contributed by atoms with Crippen LogP contribution in [-0.2, 0) is 6.54 Å². The van der Waals surface area contributed by atoms with E-state index >= 15 is 0 Å². The fraction of sp³-hybridized carbons (Fsp3) is 0.368. The number of amides is 1. The molecule has 0 aliphatic carbocycles.